The van der Waals surface area contributed by atoms with Crippen LogP contribution < -0.4 is 10.2 Å². The number of likely N-dealkylation sites (tertiary alicyclic amines) is 1. The number of piperazine rings is 1. The Kier molecular flexibility index (Phi) is 7.01. The van der Waals surface area contributed by atoms with Crippen molar-refractivity contribution < 1.29 is 4.79 Å². The first kappa shape index (κ1) is 21.5. The largest absolute Gasteiger partial charge is 0.352 e. The third-order valence-electron chi connectivity index (χ3n) is 5.85. The van der Waals surface area contributed by atoms with E-state index in [1.165, 1.54) is 22.7 Å². The lowest BCUT2D eigenvalue weighted by molar-refractivity contribution is -0.128. The summed E-state index contributed by atoms with van der Waals surface area (Å²) in [6.45, 7) is 8.06. The van der Waals surface area contributed by atoms with Crippen LogP contribution >= 0.6 is 11.5 Å². The summed E-state index contributed by atoms with van der Waals surface area (Å²) in [6, 6.07) is 8.51. The molecule has 0 saturated carbocycles. The lowest BCUT2D eigenvalue weighted by Gasteiger charge is -2.36. The molecule has 2 aromatic rings. The van der Waals surface area contributed by atoms with Gasteiger partial charge in [-0.2, -0.15) is 4.37 Å². The van der Waals surface area contributed by atoms with Gasteiger partial charge in [0.1, 0.15) is 5.82 Å². The van der Waals surface area contributed by atoms with Crippen LogP contribution in [-0.2, 0) is 24.3 Å². The van der Waals surface area contributed by atoms with E-state index >= 15 is 0 Å². The van der Waals surface area contributed by atoms with E-state index < -0.39 is 0 Å². The van der Waals surface area contributed by atoms with Crippen molar-refractivity contribution >= 4 is 28.5 Å². The number of hydrogen-bond donors (Lipinski definition) is 1. The van der Waals surface area contributed by atoms with Gasteiger partial charge in [0.05, 0.1) is 0 Å². The summed E-state index contributed by atoms with van der Waals surface area (Å²) in [5.74, 6) is 2.13. The van der Waals surface area contributed by atoms with Gasteiger partial charge in [-0.1, -0.05) is 31.2 Å². The molecular formula is C22H31N7OS. The molecule has 166 valence electrons. The van der Waals surface area contributed by atoms with Gasteiger partial charge in [-0.25, -0.2) is 4.98 Å². The average Bonchev–Trinajstić information content (AvgIpc) is 3.45. The third-order valence-corrected chi connectivity index (χ3v) is 6.67. The molecule has 1 aromatic heterocycles. The molecule has 4 rings (SSSR count). The second-order valence-electron chi connectivity index (χ2n) is 7.96. The van der Waals surface area contributed by atoms with E-state index in [4.69, 9.17) is 0 Å². The Balaban J connectivity index is 1.25. The van der Waals surface area contributed by atoms with E-state index in [1.807, 2.05) is 11.9 Å². The smallest absolute Gasteiger partial charge is 0.222 e. The molecule has 31 heavy (non-hydrogen) atoms. The number of guanidine groups is 1. The molecule has 0 radical (unpaired) electrons. The quantitative estimate of drug-likeness (QED) is 0.547. The number of aromatic nitrogens is 2. The summed E-state index contributed by atoms with van der Waals surface area (Å²) in [6.07, 6.45) is 2.55. The number of nitrogens with zero attached hydrogens (tertiary/aromatic N) is 6. The molecule has 1 N–H and O–H groups in total. The summed E-state index contributed by atoms with van der Waals surface area (Å²) in [5.41, 5.74) is 2.39. The number of hydrogen-bond acceptors (Lipinski definition) is 6. The van der Waals surface area contributed by atoms with E-state index in [-0.39, 0.29) is 5.91 Å². The van der Waals surface area contributed by atoms with Crippen LogP contribution in [0.5, 0.6) is 0 Å². The maximum atomic E-state index is 11.8. The predicted octanol–water partition coefficient (Wildman–Crippen LogP) is 2.12. The number of amides is 1. The maximum absolute atomic E-state index is 11.8. The molecule has 3 heterocycles. The van der Waals surface area contributed by atoms with Crippen LogP contribution in [0, 0.1) is 0 Å². The molecule has 0 atom stereocenters. The summed E-state index contributed by atoms with van der Waals surface area (Å²) >= 11 is 1.49. The monoisotopic (exact) mass is 441 g/mol. The zero-order chi connectivity index (χ0) is 21.6. The number of carbonyl (C=O) groups excluding carboxylic acids is 1. The minimum atomic E-state index is 0.270. The fraction of sp³-hybridized carbons (Fsp3) is 0.545. The SMILES string of the molecule is CCc1nsc(N2CCN(C(=NC)NCc3ccc(CN4CCCC4=O)cc3)CC2)n1. The summed E-state index contributed by atoms with van der Waals surface area (Å²) < 4.78 is 4.40. The Morgan fingerprint density at radius 2 is 1.87 bits per heavy atom. The number of anilines is 1. The zero-order valence-corrected chi connectivity index (χ0v) is 19.2. The lowest BCUT2D eigenvalue weighted by Crippen LogP contribution is -2.52. The first-order valence-corrected chi connectivity index (χ1v) is 11.8. The van der Waals surface area contributed by atoms with Crippen molar-refractivity contribution in [3.8, 4) is 0 Å². The van der Waals surface area contributed by atoms with E-state index in [0.717, 1.165) is 69.0 Å². The maximum Gasteiger partial charge on any atom is 0.222 e. The van der Waals surface area contributed by atoms with Gasteiger partial charge < -0.3 is 20.0 Å². The van der Waals surface area contributed by atoms with Crippen molar-refractivity contribution in [3.63, 3.8) is 0 Å². The zero-order valence-electron chi connectivity index (χ0n) is 18.4. The lowest BCUT2D eigenvalue weighted by atomic mass is 10.1. The van der Waals surface area contributed by atoms with Crippen molar-refractivity contribution in [2.75, 3.05) is 44.7 Å². The molecule has 2 aliphatic rings. The fourth-order valence-electron chi connectivity index (χ4n) is 3.99. The Labute approximate surface area is 188 Å². The Morgan fingerprint density at radius 3 is 2.48 bits per heavy atom. The van der Waals surface area contributed by atoms with Crippen LogP contribution in [-0.4, -0.2) is 70.8 Å². The molecule has 0 unspecified atom stereocenters. The van der Waals surface area contributed by atoms with E-state index in [9.17, 15) is 4.79 Å². The van der Waals surface area contributed by atoms with E-state index in [2.05, 4.69) is 60.7 Å². The normalized spacial score (nSPS) is 17.5. The standard InChI is InChI=1S/C22H31N7OS/c1-3-19-25-22(31-26-19)28-13-11-27(12-14-28)21(23-2)24-15-17-6-8-18(9-7-17)16-29-10-4-5-20(29)30/h6-9H,3-5,10-16H2,1-2H3,(H,23,24). The minimum absolute atomic E-state index is 0.270. The average molecular weight is 442 g/mol. The van der Waals surface area contributed by atoms with Gasteiger partial charge in [-0.05, 0) is 17.5 Å². The summed E-state index contributed by atoms with van der Waals surface area (Å²) in [4.78, 5) is 27.5. The van der Waals surface area contributed by atoms with Crippen LogP contribution in [0.3, 0.4) is 0 Å². The van der Waals surface area contributed by atoms with Gasteiger partial charge >= 0.3 is 0 Å². The molecule has 8 nitrogen and oxygen atoms in total. The molecule has 2 saturated heterocycles. The molecular weight excluding hydrogens is 410 g/mol. The molecule has 1 amide bonds. The van der Waals surface area contributed by atoms with Crippen LogP contribution in [0.25, 0.3) is 0 Å². The highest BCUT2D eigenvalue weighted by molar-refractivity contribution is 7.09. The van der Waals surface area contributed by atoms with Crippen molar-refractivity contribution in [2.24, 2.45) is 4.99 Å². The van der Waals surface area contributed by atoms with Gasteiger partial charge in [0, 0.05) is 77.2 Å². The predicted molar refractivity (Wildman–Crippen MR) is 124 cm³/mol. The first-order valence-electron chi connectivity index (χ1n) is 11.0. The molecule has 0 bridgehead atoms. The van der Waals surface area contributed by atoms with Crippen LogP contribution in [0.1, 0.15) is 36.7 Å². The highest BCUT2D eigenvalue weighted by Gasteiger charge is 2.22. The molecule has 9 heteroatoms. The van der Waals surface area contributed by atoms with Gasteiger partial charge in [0.15, 0.2) is 5.96 Å². The Hall–Kier alpha value is -2.68. The number of aliphatic imine (C=N–C) groups is 1. The highest BCUT2D eigenvalue weighted by atomic mass is 32.1. The van der Waals surface area contributed by atoms with Crippen molar-refractivity contribution in [3.05, 3.63) is 41.2 Å². The van der Waals surface area contributed by atoms with E-state index in [1.54, 1.807) is 0 Å². The molecule has 1 aromatic carbocycles. The van der Waals surface area contributed by atoms with Gasteiger partial charge in [0.25, 0.3) is 0 Å². The van der Waals surface area contributed by atoms with Crippen LogP contribution in [0.4, 0.5) is 5.13 Å². The number of aryl methyl sites for hydroxylation is 1. The van der Waals surface area contributed by atoms with Gasteiger partial charge in [-0.3, -0.25) is 9.79 Å². The second kappa shape index (κ2) is 10.1. The molecule has 2 aliphatic heterocycles. The number of carbonyl (C=O) groups is 1. The molecule has 0 aliphatic carbocycles. The number of rotatable bonds is 6. The van der Waals surface area contributed by atoms with Crippen molar-refractivity contribution in [1.82, 2.24) is 24.5 Å². The topological polar surface area (TPSA) is 77.0 Å². The Bertz CT molecular complexity index is 903. The van der Waals surface area contributed by atoms with Crippen LogP contribution in [0.15, 0.2) is 29.3 Å². The minimum Gasteiger partial charge on any atom is -0.352 e. The van der Waals surface area contributed by atoms with Crippen molar-refractivity contribution in [1.29, 1.82) is 0 Å². The number of benzene rings is 1. The number of nitrogens with one attached hydrogen (secondary N) is 1. The third kappa shape index (κ3) is 5.33. The second-order valence-corrected chi connectivity index (χ2v) is 8.69. The van der Waals surface area contributed by atoms with Gasteiger partial charge in [0.2, 0.25) is 11.0 Å². The highest BCUT2D eigenvalue weighted by Crippen LogP contribution is 2.19. The van der Waals surface area contributed by atoms with E-state index in [0.29, 0.717) is 13.0 Å². The first-order chi connectivity index (χ1) is 15.2. The molecule has 2 fully saturated rings. The van der Waals surface area contributed by atoms with Gasteiger partial charge in [-0.15, -0.1) is 0 Å². The van der Waals surface area contributed by atoms with Crippen LogP contribution in [0.2, 0.25) is 0 Å². The Morgan fingerprint density at radius 1 is 1.13 bits per heavy atom. The summed E-state index contributed by atoms with van der Waals surface area (Å²) in [7, 11) is 1.84. The summed E-state index contributed by atoms with van der Waals surface area (Å²) in [5, 5.41) is 4.51. The molecule has 0 spiro atoms. The fourth-order valence-corrected chi connectivity index (χ4v) is 4.80. The van der Waals surface area contributed by atoms with Crippen molar-refractivity contribution in [2.45, 2.75) is 39.3 Å².